The number of halogens is 3. The number of anilines is 1. The highest BCUT2D eigenvalue weighted by molar-refractivity contribution is 14.0. The van der Waals surface area contributed by atoms with Crippen LogP contribution in [0.5, 0.6) is 5.75 Å². The summed E-state index contributed by atoms with van der Waals surface area (Å²) >= 11 is 0. The number of nitrogens with one attached hydrogen (secondary N) is 3. The van der Waals surface area contributed by atoms with E-state index in [4.69, 9.17) is 0 Å². The highest BCUT2D eigenvalue weighted by Crippen LogP contribution is 2.21. The third kappa shape index (κ3) is 8.89. The first-order chi connectivity index (χ1) is 13.9. The summed E-state index contributed by atoms with van der Waals surface area (Å²) in [6, 6.07) is 8.58. The minimum atomic E-state index is -2.89. The molecule has 0 aliphatic carbocycles. The predicted molar refractivity (Wildman–Crippen MR) is 124 cm³/mol. The number of carbonyl (C=O) groups excluding carboxylic acids is 1. The van der Waals surface area contributed by atoms with Crippen LogP contribution >= 0.6 is 24.0 Å². The first-order valence-electron chi connectivity index (χ1n) is 9.08. The molecule has 0 atom stereocenters. The lowest BCUT2D eigenvalue weighted by molar-refractivity contribution is -0.116. The summed E-state index contributed by atoms with van der Waals surface area (Å²) in [6.45, 7) is 1.47. The van der Waals surface area contributed by atoms with Gasteiger partial charge in [0.2, 0.25) is 5.91 Å². The highest BCUT2D eigenvalue weighted by atomic mass is 127. The average Bonchev–Trinajstić information content (AvgIpc) is 2.68. The van der Waals surface area contributed by atoms with Crippen LogP contribution in [0.3, 0.4) is 0 Å². The molecule has 7 nitrogen and oxygen atoms in total. The van der Waals surface area contributed by atoms with Crippen LogP contribution in [-0.2, 0) is 11.3 Å². The zero-order chi connectivity index (χ0) is 21.2. The topological polar surface area (TPSA) is 87.6 Å². The minimum Gasteiger partial charge on any atom is -0.434 e. The SMILES string of the molecule is CN=C(NCCC(=O)Nc1ccc(C)cn1)NCc1cc(C)ccc1OC(F)F.I. The van der Waals surface area contributed by atoms with E-state index in [0.717, 1.165) is 11.1 Å². The molecule has 164 valence electrons. The van der Waals surface area contributed by atoms with Crippen molar-refractivity contribution >= 4 is 41.7 Å². The van der Waals surface area contributed by atoms with Gasteiger partial charge in [-0.05, 0) is 31.5 Å². The number of benzene rings is 1. The van der Waals surface area contributed by atoms with E-state index < -0.39 is 6.61 Å². The number of guanidine groups is 1. The van der Waals surface area contributed by atoms with Crippen molar-refractivity contribution < 1.29 is 18.3 Å². The maximum atomic E-state index is 12.6. The van der Waals surface area contributed by atoms with Gasteiger partial charge < -0.3 is 20.7 Å². The molecule has 0 bridgehead atoms. The van der Waals surface area contributed by atoms with Gasteiger partial charge in [0.15, 0.2) is 5.96 Å². The van der Waals surface area contributed by atoms with Crippen molar-refractivity contribution in [2.75, 3.05) is 18.9 Å². The van der Waals surface area contributed by atoms with Gasteiger partial charge in [-0.3, -0.25) is 9.79 Å². The number of pyridine rings is 1. The molecule has 0 saturated heterocycles. The Bertz CT molecular complexity index is 848. The maximum absolute atomic E-state index is 12.6. The molecule has 1 amide bonds. The zero-order valence-electron chi connectivity index (χ0n) is 17.0. The summed E-state index contributed by atoms with van der Waals surface area (Å²) < 4.78 is 29.7. The van der Waals surface area contributed by atoms with E-state index >= 15 is 0 Å². The number of rotatable bonds is 8. The van der Waals surface area contributed by atoms with Crippen molar-refractivity contribution in [1.82, 2.24) is 15.6 Å². The van der Waals surface area contributed by atoms with Gasteiger partial charge in [-0.15, -0.1) is 24.0 Å². The van der Waals surface area contributed by atoms with Crippen LogP contribution in [0, 0.1) is 13.8 Å². The van der Waals surface area contributed by atoms with Gasteiger partial charge in [0.05, 0.1) is 0 Å². The summed E-state index contributed by atoms with van der Waals surface area (Å²) in [5.74, 6) is 0.860. The Morgan fingerprint density at radius 3 is 2.53 bits per heavy atom. The zero-order valence-corrected chi connectivity index (χ0v) is 19.4. The Hall–Kier alpha value is -2.50. The standard InChI is InChI=1S/C20H25F2N5O2.HI/c1-13-4-6-16(29-19(21)22)15(10-13)12-26-20(23-3)24-9-8-18(28)27-17-7-5-14(2)11-25-17;/h4-7,10-11,19H,8-9,12H2,1-3H3,(H2,23,24,26)(H,25,27,28);1H. The van der Waals surface area contributed by atoms with Crippen LogP contribution < -0.4 is 20.7 Å². The molecule has 3 N–H and O–H groups in total. The monoisotopic (exact) mass is 533 g/mol. The number of hydrogen-bond acceptors (Lipinski definition) is 4. The fourth-order valence-electron chi connectivity index (χ4n) is 2.50. The molecule has 0 unspecified atom stereocenters. The Labute approximate surface area is 191 Å². The van der Waals surface area contributed by atoms with Gasteiger partial charge in [0.1, 0.15) is 11.6 Å². The number of alkyl halides is 2. The van der Waals surface area contributed by atoms with Gasteiger partial charge in [-0.25, -0.2) is 4.98 Å². The lowest BCUT2D eigenvalue weighted by atomic mass is 10.1. The van der Waals surface area contributed by atoms with Gasteiger partial charge in [0.25, 0.3) is 0 Å². The van der Waals surface area contributed by atoms with Crippen molar-refractivity contribution in [1.29, 1.82) is 0 Å². The van der Waals surface area contributed by atoms with E-state index in [0.29, 0.717) is 23.9 Å². The Kier molecular flexibility index (Phi) is 11.0. The van der Waals surface area contributed by atoms with E-state index in [1.54, 1.807) is 31.4 Å². The van der Waals surface area contributed by atoms with Crippen LogP contribution in [0.2, 0.25) is 0 Å². The summed E-state index contributed by atoms with van der Waals surface area (Å²) in [5, 5.41) is 8.75. The Balaban J connectivity index is 0.00000450. The molecule has 0 aliphatic heterocycles. The number of carbonyl (C=O) groups is 1. The van der Waals surface area contributed by atoms with E-state index in [1.165, 1.54) is 6.07 Å². The largest absolute Gasteiger partial charge is 0.434 e. The first-order valence-corrected chi connectivity index (χ1v) is 9.08. The number of aryl methyl sites for hydroxylation is 2. The van der Waals surface area contributed by atoms with Crippen molar-refractivity contribution in [2.24, 2.45) is 4.99 Å². The lowest BCUT2D eigenvalue weighted by Crippen LogP contribution is -2.38. The smallest absolute Gasteiger partial charge is 0.387 e. The van der Waals surface area contributed by atoms with Crippen LogP contribution in [0.4, 0.5) is 14.6 Å². The second kappa shape index (κ2) is 12.9. The number of nitrogens with zero attached hydrogens (tertiary/aromatic N) is 2. The molecule has 2 rings (SSSR count). The van der Waals surface area contributed by atoms with Crippen LogP contribution in [0.15, 0.2) is 41.5 Å². The van der Waals surface area contributed by atoms with Crippen molar-refractivity contribution in [2.45, 2.75) is 33.4 Å². The van der Waals surface area contributed by atoms with Crippen LogP contribution in [-0.4, -0.2) is 37.1 Å². The molecule has 2 aromatic rings. The molecule has 0 aliphatic rings. The molecule has 1 aromatic carbocycles. The predicted octanol–water partition coefficient (Wildman–Crippen LogP) is 3.61. The molecule has 0 saturated carbocycles. The Morgan fingerprint density at radius 2 is 1.90 bits per heavy atom. The van der Waals surface area contributed by atoms with Crippen molar-refractivity contribution in [3.05, 3.63) is 53.2 Å². The fourth-order valence-corrected chi connectivity index (χ4v) is 2.50. The summed E-state index contributed by atoms with van der Waals surface area (Å²) in [7, 11) is 1.58. The first kappa shape index (κ1) is 25.5. The summed E-state index contributed by atoms with van der Waals surface area (Å²) in [6.07, 6.45) is 1.89. The van der Waals surface area contributed by atoms with E-state index in [-0.39, 0.29) is 48.6 Å². The molecule has 30 heavy (non-hydrogen) atoms. The second-order valence-corrected chi connectivity index (χ2v) is 6.36. The van der Waals surface area contributed by atoms with E-state index in [1.807, 2.05) is 19.9 Å². The molecular formula is C20H26F2IN5O2. The third-order valence-electron chi connectivity index (χ3n) is 3.93. The number of amides is 1. The molecular weight excluding hydrogens is 507 g/mol. The number of aromatic nitrogens is 1. The third-order valence-corrected chi connectivity index (χ3v) is 3.93. The van der Waals surface area contributed by atoms with E-state index in [2.05, 4.69) is 30.7 Å². The molecule has 1 heterocycles. The highest BCUT2D eigenvalue weighted by Gasteiger charge is 2.11. The summed E-state index contributed by atoms with van der Waals surface area (Å²) in [5.41, 5.74) is 2.51. The second-order valence-electron chi connectivity index (χ2n) is 6.36. The van der Waals surface area contributed by atoms with Crippen LogP contribution in [0.1, 0.15) is 23.1 Å². The maximum Gasteiger partial charge on any atom is 0.387 e. The molecule has 10 heteroatoms. The molecule has 0 spiro atoms. The molecule has 1 aromatic heterocycles. The van der Waals surface area contributed by atoms with Gasteiger partial charge in [-0.1, -0.05) is 23.8 Å². The van der Waals surface area contributed by atoms with Crippen molar-refractivity contribution in [3.8, 4) is 5.75 Å². The van der Waals surface area contributed by atoms with E-state index in [9.17, 15) is 13.6 Å². The van der Waals surface area contributed by atoms with Gasteiger partial charge >= 0.3 is 6.61 Å². The molecule has 0 fully saturated rings. The van der Waals surface area contributed by atoms with Gasteiger partial charge in [-0.2, -0.15) is 8.78 Å². The van der Waals surface area contributed by atoms with Gasteiger partial charge in [0, 0.05) is 38.3 Å². The number of hydrogen-bond donors (Lipinski definition) is 3. The molecule has 0 radical (unpaired) electrons. The normalized spacial score (nSPS) is 10.9. The number of ether oxygens (including phenoxy) is 1. The quantitative estimate of drug-likeness (QED) is 0.274. The lowest BCUT2D eigenvalue weighted by Gasteiger charge is -2.15. The minimum absolute atomic E-state index is 0. The van der Waals surface area contributed by atoms with Crippen LogP contribution in [0.25, 0.3) is 0 Å². The number of aliphatic imine (C=N–C) groups is 1. The fraction of sp³-hybridized carbons (Fsp3) is 0.350. The van der Waals surface area contributed by atoms with Crippen molar-refractivity contribution in [3.63, 3.8) is 0 Å². The average molecular weight is 533 g/mol. The summed E-state index contributed by atoms with van der Waals surface area (Å²) in [4.78, 5) is 20.2. The Morgan fingerprint density at radius 1 is 1.17 bits per heavy atom.